The molecule has 6 nitrogen and oxygen atoms in total. The summed E-state index contributed by atoms with van der Waals surface area (Å²) in [5.41, 5.74) is -0.862. The molecule has 0 amide bonds. The third kappa shape index (κ3) is 4.46. The molecule has 2 rings (SSSR count). The fourth-order valence-electron chi connectivity index (χ4n) is 3.24. The number of carbonyl (C=O) groups excluding carboxylic acids is 1. The molecule has 6 heteroatoms. The van der Waals surface area contributed by atoms with Crippen molar-refractivity contribution in [3.8, 4) is 5.75 Å². The van der Waals surface area contributed by atoms with E-state index in [-0.39, 0.29) is 18.8 Å². The molecule has 0 fully saturated rings. The molecule has 0 radical (unpaired) electrons. The van der Waals surface area contributed by atoms with Gasteiger partial charge in [-0.3, -0.25) is 4.79 Å². The van der Waals surface area contributed by atoms with Crippen LogP contribution in [-0.4, -0.2) is 40.3 Å². The highest BCUT2D eigenvalue weighted by Crippen LogP contribution is 2.49. The van der Waals surface area contributed by atoms with Crippen LogP contribution in [0.1, 0.15) is 49.5 Å². The van der Waals surface area contributed by atoms with Gasteiger partial charge in [0.05, 0.1) is 6.61 Å². The van der Waals surface area contributed by atoms with Gasteiger partial charge >= 0.3 is 5.97 Å². The molecule has 1 aromatic carbocycles. The number of allylic oxidation sites excluding steroid dienone is 2. The van der Waals surface area contributed by atoms with Gasteiger partial charge in [0.2, 0.25) is 0 Å². The van der Waals surface area contributed by atoms with Crippen LogP contribution in [0.4, 0.5) is 0 Å². The minimum absolute atomic E-state index is 0.0197. The molecule has 27 heavy (non-hydrogen) atoms. The molecular formula is C21H26O6. The number of ether oxygens (including phenoxy) is 1. The fraction of sp³-hybridized carbons (Fsp3) is 0.429. The number of aliphatic hydroxyl groups is 2. The van der Waals surface area contributed by atoms with Crippen LogP contribution in [-0.2, 0) is 10.4 Å². The Kier molecular flexibility index (Phi) is 6.23. The van der Waals surface area contributed by atoms with Crippen molar-refractivity contribution < 1.29 is 29.6 Å². The molecule has 146 valence electrons. The van der Waals surface area contributed by atoms with Crippen molar-refractivity contribution in [1.29, 1.82) is 0 Å². The highest BCUT2D eigenvalue weighted by molar-refractivity contribution is 6.00. The second kappa shape index (κ2) is 8.06. The van der Waals surface area contributed by atoms with Crippen LogP contribution in [0.3, 0.4) is 0 Å². The van der Waals surface area contributed by atoms with Crippen molar-refractivity contribution in [2.24, 2.45) is 5.41 Å². The number of carboxylic acids is 1. The normalized spacial score (nSPS) is 22.0. The summed E-state index contributed by atoms with van der Waals surface area (Å²) in [6.07, 6.45) is 4.79. The van der Waals surface area contributed by atoms with Crippen molar-refractivity contribution in [3.63, 3.8) is 0 Å². The standard InChI is InChI=1S/C21H26O6/c1-14(11-19(24)25)7-8-21(26)17-6-5-15(27-10-4-9-22)12-16(17)18(23)13-20(21,2)3/h5-8,11-12,22,26H,4,9-10,13H2,1-3H3,(H,24,25)/b8-7+,14-11-/t21-/m1/s1. The molecule has 0 saturated heterocycles. The van der Waals surface area contributed by atoms with Crippen molar-refractivity contribution >= 4 is 11.8 Å². The van der Waals surface area contributed by atoms with E-state index in [0.717, 1.165) is 6.08 Å². The van der Waals surface area contributed by atoms with Crippen molar-refractivity contribution in [1.82, 2.24) is 0 Å². The SMILES string of the molecule is CC(=C/C(=O)O)/C=C/[C@@]1(O)c2ccc(OCCCO)cc2C(=O)CC1(C)C. The Labute approximate surface area is 158 Å². The predicted octanol–water partition coefficient (Wildman–Crippen LogP) is 2.84. The zero-order chi connectivity index (χ0) is 20.2. The number of hydrogen-bond acceptors (Lipinski definition) is 5. The van der Waals surface area contributed by atoms with Gasteiger partial charge < -0.3 is 20.1 Å². The Morgan fingerprint density at radius 3 is 2.67 bits per heavy atom. The Balaban J connectivity index is 2.46. The lowest BCUT2D eigenvalue weighted by molar-refractivity contribution is -0.131. The van der Waals surface area contributed by atoms with Gasteiger partial charge in [0.15, 0.2) is 5.78 Å². The number of Topliss-reactive ketones (excluding diaryl/α,β-unsaturated/α-hetero) is 1. The summed E-state index contributed by atoms with van der Waals surface area (Å²) in [7, 11) is 0. The van der Waals surface area contributed by atoms with Crippen molar-refractivity contribution in [2.75, 3.05) is 13.2 Å². The van der Waals surface area contributed by atoms with Crippen LogP contribution in [0.25, 0.3) is 0 Å². The highest BCUT2D eigenvalue weighted by atomic mass is 16.5. The lowest BCUT2D eigenvalue weighted by Crippen LogP contribution is -2.46. The number of rotatable bonds is 7. The Hall–Kier alpha value is -2.44. The summed E-state index contributed by atoms with van der Waals surface area (Å²) in [5.74, 6) is -0.644. The minimum atomic E-state index is -1.44. The van der Waals surface area contributed by atoms with E-state index in [1.165, 1.54) is 0 Å². The summed E-state index contributed by atoms with van der Waals surface area (Å²) >= 11 is 0. The van der Waals surface area contributed by atoms with Gasteiger partial charge in [0, 0.05) is 36.5 Å². The first-order valence-corrected chi connectivity index (χ1v) is 8.85. The number of hydrogen-bond donors (Lipinski definition) is 3. The molecule has 0 spiro atoms. The number of carboxylic acid groups (broad SMARTS) is 1. The molecule has 1 aliphatic rings. The van der Waals surface area contributed by atoms with Crippen LogP contribution in [0, 0.1) is 5.41 Å². The second-order valence-corrected chi connectivity index (χ2v) is 7.44. The minimum Gasteiger partial charge on any atom is -0.493 e. The first-order chi connectivity index (χ1) is 12.6. The maximum absolute atomic E-state index is 12.6. The van der Waals surface area contributed by atoms with Crippen LogP contribution in [0.2, 0.25) is 0 Å². The second-order valence-electron chi connectivity index (χ2n) is 7.44. The zero-order valence-corrected chi connectivity index (χ0v) is 15.9. The van der Waals surface area contributed by atoms with E-state index in [1.807, 2.05) is 0 Å². The first kappa shape index (κ1) is 20.9. The zero-order valence-electron chi connectivity index (χ0n) is 15.9. The molecule has 1 aliphatic carbocycles. The van der Waals surface area contributed by atoms with Crippen LogP contribution >= 0.6 is 0 Å². The molecule has 1 atom stereocenters. The molecule has 0 unspecified atom stereocenters. The Morgan fingerprint density at radius 1 is 1.33 bits per heavy atom. The molecule has 0 aromatic heterocycles. The quantitative estimate of drug-likeness (QED) is 0.385. The summed E-state index contributed by atoms with van der Waals surface area (Å²) in [6.45, 7) is 5.60. The number of aliphatic carboxylic acids is 1. The van der Waals surface area contributed by atoms with Crippen molar-refractivity contribution in [3.05, 3.63) is 53.1 Å². The predicted molar refractivity (Wildman–Crippen MR) is 101 cm³/mol. The first-order valence-electron chi connectivity index (χ1n) is 8.85. The fourth-order valence-corrected chi connectivity index (χ4v) is 3.24. The number of fused-ring (bicyclic) bond motifs is 1. The summed E-state index contributed by atoms with van der Waals surface area (Å²) in [6, 6.07) is 4.97. The smallest absolute Gasteiger partial charge is 0.328 e. The van der Waals surface area contributed by atoms with Gasteiger partial charge in [0.1, 0.15) is 11.4 Å². The number of benzene rings is 1. The maximum Gasteiger partial charge on any atom is 0.328 e. The molecule has 0 saturated carbocycles. The molecule has 1 aromatic rings. The topological polar surface area (TPSA) is 104 Å². The summed E-state index contributed by atoms with van der Waals surface area (Å²) < 4.78 is 5.54. The number of aliphatic hydroxyl groups excluding tert-OH is 1. The third-order valence-corrected chi connectivity index (χ3v) is 4.85. The third-order valence-electron chi connectivity index (χ3n) is 4.85. The van der Waals surface area contributed by atoms with Gasteiger partial charge in [-0.2, -0.15) is 0 Å². The van der Waals surface area contributed by atoms with Gasteiger partial charge in [-0.15, -0.1) is 0 Å². The van der Waals surface area contributed by atoms with Gasteiger partial charge in [0.25, 0.3) is 0 Å². The monoisotopic (exact) mass is 374 g/mol. The van der Waals surface area contributed by atoms with Crippen LogP contribution in [0.15, 0.2) is 42.0 Å². The van der Waals surface area contributed by atoms with E-state index in [1.54, 1.807) is 51.1 Å². The Morgan fingerprint density at radius 2 is 2.04 bits per heavy atom. The van der Waals surface area contributed by atoms with E-state index < -0.39 is 17.0 Å². The average Bonchev–Trinajstić information content (AvgIpc) is 2.57. The maximum atomic E-state index is 12.6. The lowest BCUT2D eigenvalue weighted by Gasteiger charge is -2.45. The van der Waals surface area contributed by atoms with Crippen LogP contribution < -0.4 is 4.74 Å². The lowest BCUT2D eigenvalue weighted by atomic mass is 9.62. The average molecular weight is 374 g/mol. The van der Waals surface area contributed by atoms with E-state index >= 15 is 0 Å². The van der Waals surface area contributed by atoms with Gasteiger partial charge in [-0.25, -0.2) is 4.79 Å². The number of carbonyl (C=O) groups is 2. The van der Waals surface area contributed by atoms with Crippen LogP contribution in [0.5, 0.6) is 5.75 Å². The van der Waals surface area contributed by atoms with Gasteiger partial charge in [-0.1, -0.05) is 26.0 Å². The molecule has 0 aliphatic heterocycles. The van der Waals surface area contributed by atoms with Crippen molar-refractivity contribution in [2.45, 2.75) is 39.2 Å². The molecular weight excluding hydrogens is 348 g/mol. The molecule has 0 heterocycles. The highest BCUT2D eigenvalue weighted by Gasteiger charge is 2.49. The number of ketones is 1. The summed E-state index contributed by atoms with van der Waals surface area (Å²) in [4.78, 5) is 23.4. The van der Waals surface area contributed by atoms with E-state index in [9.17, 15) is 14.7 Å². The summed E-state index contributed by atoms with van der Waals surface area (Å²) in [5, 5.41) is 29.2. The van der Waals surface area contributed by atoms with E-state index in [2.05, 4.69) is 0 Å². The molecule has 3 N–H and O–H groups in total. The largest absolute Gasteiger partial charge is 0.493 e. The molecule has 0 bridgehead atoms. The van der Waals surface area contributed by atoms with E-state index in [4.69, 9.17) is 14.9 Å². The Bertz CT molecular complexity index is 790. The van der Waals surface area contributed by atoms with E-state index in [0.29, 0.717) is 35.5 Å². The van der Waals surface area contributed by atoms with Gasteiger partial charge in [-0.05, 0) is 36.3 Å².